The van der Waals surface area contributed by atoms with Gasteiger partial charge in [-0.05, 0) is 9.97 Å². The fourth-order valence-corrected chi connectivity index (χ4v) is 1.15. The molecule has 0 saturated heterocycles. The van der Waals surface area contributed by atoms with Crippen LogP contribution in [0.5, 0.6) is 0 Å². The molecule has 0 fully saturated rings. The smallest absolute Gasteiger partial charge is 0.286 e. The Morgan fingerprint density at radius 2 is 1.19 bits per heavy atom. The molecule has 2 rings (SSSR count). The first-order valence-corrected chi connectivity index (χ1v) is 4.38. The van der Waals surface area contributed by atoms with Crippen molar-refractivity contribution in [3.05, 3.63) is 37.2 Å². The van der Waals surface area contributed by atoms with Crippen LogP contribution in [0.15, 0.2) is 37.2 Å². The molecule has 0 aliphatic rings. The predicted molar refractivity (Wildman–Crippen MR) is 49.8 cm³/mol. The maximum absolute atomic E-state index is 4.27. The lowest BCUT2D eigenvalue weighted by Gasteiger charge is -1.90. The van der Waals surface area contributed by atoms with Gasteiger partial charge in [-0.15, -0.1) is 0 Å². The third-order valence-electron chi connectivity index (χ3n) is 1.96. The van der Waals surface area contributed by atoms with Crippen LogP contribution in [0.25, 0.3) is 11.4 Å². The molecule has 2 aromatic heterocycles. The summed E-state index contributed by atoms with van der Waals surface area (Å²) in [6, 6.07) is 3.89. The van der Waals surface area contributed by atoms with Crippen LogP contribution in [0.2, 0.25) is 0 Å². The molecule has 4 nitrogen and oxygen atoms in total. The third-order valence-corrected chi connectivity index (χ3v) is 1.96. The Bertz CT molecular complexity index is 384. The normalized spacial score (nSPS) is 8.88. The molecule has 0 unspecified atom stereocenters. The minimum absolute atomic E-state index is 0. The Labute approximate surface area is 107 Å². The fraction of sp³-hybridized carbons (Fsp3) is 0.200. The summed E-state index contributed by atoms with van der Waals surface area (Å²) in [7, 11) is 3.88. The van der Waals surface area contributed by atoms with Gasteiger partial charge in [0.15, 0.2) is 0 Å². The number of nitrogens with zero attached hydrogens (tertiary/aromatic N) is 4. The second-order valence-corrected chi connectivity index (χ2v) is 3.22. The van der Waals surface area contributed by atoms with Gasteiger partial charge in [-0.3, -0.25) is 0 Å². The molecule has 86 valence electrons. The van der Waals surface area contributed by atoms with E-state index < -0.39 is 0 Å². The van der Waals surface area contributed by atoms with Crippen molar-refractivity contribution in [3.8, 4) is 11.4 Å². The van der Waals surface area contributed by atoms with Crippen LogP contribution in [0, 0.1) is 0 Å². The standard InChI is InChI=1S/C10H12N4.2ClH/c1-13-5-3-9(11-7-13)10-4-6-14(2)8-12-10;;/h3-8H,1-2H3;2*1H/q+2;;/p-2. The van der Waals surface area contributed by atoms with E-state index in [9.17, 15) is 0 Å². The molecular weight excluding hydrogens is 247 g/mol. The molecule has 2 aromatic rings. The average Bonchev–Trinajstić information content (AvgIpc) is 2.21. The van der Waals surface area contributed by atoms with Crippen LogP contribution in [0.4, 0.5) is 0 Å². The Balaban J connectivity index is 0.00000112. The molecule has 0 amide bonds. The predicted octanol–water partition coefficient (Wildman–Crippen LogP) is -6.20. The highest BCUT2D eigenvalue weighted by atomic mass is 35.5. The summed E-state index contributed by atoms with van der Waals surface area (Å²) in [6.45, 7) is 0. The Morgan fingerprint density at radius 3 is 1.44 bits per heavy atom. The van der Waals surface area contributed by atoms with Gasteiger partial charge >= 0.3 is 0 Å². The first-order valence-electron chi connectivity index (χ1n) is 4.38. The van der Waals surface area contributed by atoms with Crippen molar-refractivity contribution in [2.24, 2.45) is 14.1 Å². The molecule has 0 atom stereocenters. The average molecular weight is 259 g/mol. The molecule has 0 N–H and O–H groups in total. The van der Waals surface area contributed by atoms with E-state index in [2.05, 4.69) is 9.97 Å². The van der Waals surface area contributed by atoms with Gasteiger partial charge in [0.25, 0.3) is 12.7 Å². The summed E-state index contributed by atoms with van der Waals surface area (Å²) < 4.78 is 3.79. The monoisotopic (exact) mass is 258 g/mol. The summed E-state index contributed by atoms with van der Waals surface area (Å²) >= 11 is 0. The van der Waals surface area contributed by atoms with E-state index in [1.165, 1.54) is 0 Å². The molecule has 0 aromatic carbocycles. The van der Waals surface area contributed by atoms with Crippen LogP contribution >= 0.6 is 0 Å². The third kappa shape index (κ3) is 3.40. The molecule has 0 aliphatic carbocycles. The van der Waals surface area contributed by atoms with Gasteiger partial charge in [-0.2, -0.15) is 0 Å². The van der Waals surface area contributed by atoms with Gasteiger partial charge in [0.05, 0.1) is 26.5 Å². The number of hydrogen-bond acceptors (Lipinski definition) is 2. The topological polar surface area (TPSA) is 33.5 Å². The number of halogens is 2. The molecule has 0 saturated carbocycles. The van der Waals surface area contributed by atoms with Crippen molar-refractivity contribution in [2.75, 3.05) is 0 Å². The Kier molecular flexibility index (Phi) is 5.85. The minimum atomic E-state index is 0. The zero-order chi connectivity index (χ0) is 9.97. The number of hydrogen-bond donors (Lipinski definition) is 0. The van der Waals surface area contributed by atoms with Crippen molar-refractivity contribution in [1.29, 1.82) is 0 Å². The fourth-order valence-electron chi connectivity index (χ4n) is 1.15. The van der Waals surface area contributed by atoms with Gasteiger partial charge in [-0.1, -0.05) is 0 Å². The van der Waals surface area contributed by atoms with E-state index in [1.807, 2.05) is 47.8 Å². The zero-order valence-corrected chi connectivity index (χ0v) is 10.5. The highest BCUT2D eigenvalue weighted by Gasteiger charge is 2.10. The van der Waals surface area contributed by atoms with Crippen molar-refractivity contribution in [2.45, 2.75) is 0 Å². The van der Waals surface area contributed by atoms with Gasteiger partial charge in [-0.25, -0.2) is 9.13 Å². The molecule has 6 heteroatoms. The van der Waals surface area contributed by atoms with Crippen LogP contribution in [-0.4, -0.2) is 9.97 Å². The Hall–Kier alpha value is -1.26. The minimum Gasteiger partial charge on any atom is -1.00 e. The van der Waals surface area contributed by atoms with Gasteiger partial charge in [0.1, 0.15) is 0 Å². The molecule has 16 heavy (non-hydrogen) atoms. The van der Waals surface area contributed by atoms with Crippen LogP contribution in [-0.2, 0) is 14.1 Å². The molecule has 0 radical (unpaired) electrons. The van der Waals surface area contributed by atoms with Crippen molar-refractivity contribution in [3.63, 3.8) is 0 Å². The first kappa shape index (κ1) is 14.7. The molecule has 0 bridgehead atoms. The summed E-state index contributed by atoms with van der Waals surface area (Å²) in [5.74, 6) is 0. The molecule has 0 spiro atoms. The quantitative estimate of drug-likeness (QED) is 0.478. The van der Waals surface area contributed by atoms with E-state index in [0.29, 0.717) is 0 Å². The highest BCUT2D eigenvalue weighted by molar-refractivity contribution is 5.50. The van der Waals surface area contributed by atoms with E-state index in [-0.39, 0.29) is 24.8 Å². The highest BCUT2D eigenvalue weighted by Crippen LogP contribution is 2.08. The number of aromatic nitrogens is 4. The van der Waals surface area contributed by atoms with Crippen molar-refractivity contribution >= 4 is 0 Å². The molecule has 2 heterocycles. The van der Waals surface area contributed by atoms with Gasteiger partial charge in [0, 0.05) is 12.1 Å². The van der Waals surface area contributed by atoms with Crippen molar-refractivity contribution < 1.29 is 33.9 Å². The van der Waals surface area contributed by atoms with E-state index in [1.54, 1.807) is 12.7 Å². The van der Waals surface area contributed by atoms with Crippen LogP contribution in [0.1, 0.15) is 0 Å². The number of rotatable bonds is 1. The summed E-state index contributed by atoms with van der Waals surface area (Å²) in [5.41, 5.74) is 1.78. The largest absolute Gasteiger partial charge is 1.00 e. The molecule has 0 aliphatic heterocycles. The van der Waals surface area contributed by atoms with E-state index in [4.69, 9.17) is 0 Å². The maximum Gasteiger partial charge on any atom is 0.286 e. The second-order valence-electron chi connectivity index (χ2n) is 3.22. The van der Waals surface area contributed by atoms with Crippen molar-refractivity contribution in [1.82, 2.24) is 9.97 Å². The van der Waals surface area contributed by atoms with Crippen LogP contribution < -0.4 is 33.9 Å². The lowest BCUT2D eigenvalue weighted by atomic mass is 10.3. The summed E-state index contributed by atoms with van der Waals surface area (Å²) in [6.07, 6.45) is 7.45. The second kappa shape index (κ2) is 6.35. The van der Waals surface area contributed by atoms with E-state index >= 15 is 0 Å². The lowest BCUT2D eigenvalue weighted by Crippen LogP contribution is -3.00. The maximum atomic E-state index is 4.27. The first-order chi connectivity index (χ1) is 6.75. The van der Waals surface area contributed by atoms with Crippen LogP contribution in [0.3, 0.4) is 0 Å². The SMILES string of the molecule is C[n+]1ccc(-c2cc[n+](C)cn2)nc1.[Cl-].[Cl-]. The summed E-state index contributed by atoms with van der Waals surface area (Å²) in [4.78, 5) is 8.54. The van der Waals surface area contributed by atoms with Gasteiger partial charge in [0.2, 0.25) is 11.4 Å². The number of aryl methyl sites for hydroxylation is 2. The Morgan fingerprint density at radius 1 is 0.812 bits per heavy atom. The van der Waals surface area contributed by atoms with Gasteiger partial charge < -0.3 is 24.8 Å². The van der Waals surface area contributed by atoms with E-state index in [0.717, 1.165) is 11.4 Å². The lowest BCUT2D eigenvalue weighted by molar-refractivity contribution is -0.674. The molecular formula is C10H12Cl2N4. The zero-order valence-electron chi connectivity index (χ0n) is 9.01. The summed E-state index contributed by atoms with van der Waals surface area (Å²) in [5, 5.41) is 0.